The fourth-order valence-electron chi connectivity index (χ4n) is 1.26. The molecule has 1 aromatic carbocycles. The topological polar surface area (TPSA) is 60.7 Å². The van der Waals surface area contributed by atoms with E-state index in [4.69, 9.17) is 5.11 Å². The number of hydrogen-bond donors (Lipinski definition) is 4. The zero-order valence-electron chi connectivity index (χ0n) is 7.97. The van der Waals surface area contributed by atoms with Crippen LogP contribution in [-0.2, 0) is 0 Å². The Morgan fingerprint density at radius 1 is 1.33 bits per heavy atom. The first kappa shape index (κ1) is 12.3. The van der Waals surface area contributed by atoms with Crippen molar-refractivity contribution in [2.45, 2.75) is 18.6 Å². The molecule has 84 valence electrons. The minimum absolute atomic E-state index is 0.107. The van der Waals surface area contributed by atoms with E-state index in [0.717, 1.165) is 12.1 Å². The molecule has 5 heteroatoms. The van der Waals surface area contributed by atoms with E-state index in [9.17, 15) is 14.6 Å². The first-order chi connectivity index (χ1) is 7.06. The van der Waals surface area contributed by atoms with Gasteiger partial charge in [-0.2, -0.15) is 12.6 Å². The van der Waals surface area contributed by atoms with Gasteiger partial charge in [0.1, 0.15) is 17.7 Å². The maximum atomic E-state index is 13.2. The number of aromatic hydroxyl groups is 1. The Morgan fingerprint density at radius 3 is 2.60 bits per heavy atom. The van der Waals surface area contributed by atoms with Gasteiger partial charge in [0.05, 0.1) is 6.10 Å². The lowest BCUT2D eigenvalue weighted by Crippen LogP contribution is -2.19. The summed E-state index contributed by atoms with van der Waals surface area (Å²) in [7, 11) is 0. The Morgan fingerprint density at radius 2 is 2.00 bits per heavy atom. The van der Waals surface area contributed by atoms with E-state index in [1.165, 1.54) is 6.07 Å². The van der Waals surface area contributed by atoms with Crippen molar-refractivity contribution in [2.24, 2.45) is 0 Å². The molecule has 0 spiro atoms. The number of aliphatic hydroxyl groups is 2. The molecular weight excluding hydrogens is 219 g/mol. The number of phenolic OH excluding ortho intramolecular Hbond substituents is 1. The molecule has 0 bridgehead atoms. The first-order valence-corrected chi connectivity index (χ1v) is 5.15. The number of benzene rings is 1. The summed E-state index contributed by atoms with van der Waals surface area (Å²) >= 11 is 3.90. The first-order valence-electron chi connectivity index (χ1n) is 4.51. The molecule has 0 aromatic heterocycles. The second-order valence-corrected chi connectivity index (χ2v) is 3.68. The molecule has 0 aliphatic rings. The highest BCUT2D eigenvalue weighted by atomic mass is 32.1. The molecule has 0 aliphatic carbocycles. The molecule has 0 aliphatic heterocycles. The molecule has 0 saturated carbocycles. The van der Waals surface area contributed by atoms with Gasteiger partial charge in [0.25, 0.3) is 0 Å². The monoisotopic (exact) mass is 232 g/mol. The molecule has 1 rings (SSSR count). The van der Waals surface area contributed by atoms with Crippen molar-refractivity contribution in [3.63, 3.8) is 0 Å². The summed E-state index contributed by atoms with van der Waals surface area (Å²) in [6.07, 6.45) is -2.18. The summed E-state index contributed by atoms with van der Waals surface area (Å²) in [6.45, 7) is 0. The van der Waals surface area contributed by atoms with Gasteiger partial charge in [-0.05, 0) is 30.4 Å². The van der Waals surface area contributed by atoms with Crippen LogP contribution in [0.1, 0.15) is 18.1 Å². The standard InChI is InChI=1S/C10H13FO3S/c11-8-2-1-6(12)5-7(8)10(14)9(13)3-4-15/h1-2,5,9-10,12-15H,3-4H2. The predicted octanol–water partition coefficient (Wildman–Crippen LogP) is 1.25. The lowest BCUT2D eigenvalue weighted by Gasteiger charge is -2.17. The lowest BCUT2D eigenvalue weighted by atomic mass is 10.0. The van der Waals surface area contributed by atoms with Gasteiger partial charge in [-0.1, -0.05) is 0 Å². The fraction of sp³-hybridized carbons (Fsp3) is 0.400. The van der Waals surface area contributed by atoms with E-state index >= 15 is 0 Å². The van der Waals surface area contributed by atoms with E-state index in [-0.39, 0.29) is 17.7 Å². The molecule has 3 N–H and O–H groups in total. The molecular formula is C10H13FO3S. The van der Waals surface area contributed by atoms with Crippen molar-refractivity contribution >= 4 is 12.6 Å². The minimum atomic E-state index is -1.34. The van der Waals surface area contributed by atoms with Gasteiger partial charge < -0.3 is 15.3 Å². The predicted molar refractivity (Wildman–Crippen MR) is 57.5 cm³/mol. The lowest BCUT2D eigenvalue weighted by molar-refractivity contribution is 0.0150. The van der Waals surface area contributed by atoms with E-state index in [1.807, 2.05) is 0 Å². The zero-order valence-corrected chi connectivity index (χ0v) is 8.86. The normalized spacial score (nSPS) is 14.9. The largest absolute Gasteiger partial charge is 0.508 e. The highest BCUT2D eigenvalue weighted by Crippen LogP contribution is 2.25. The van der Waals surface area contributed by atoms with E-state index in [0.29, 0.717) is 5.75 Å². The SMILES string of the molecule is Oc1ccc(F)c(C(O)C(O)CCS)c1. The summed E-state index contributed by atoms with van der Waals surface area (Å²) in [5.41, 5.74) is -0.107. The molecule has 1 aromatic rings. The van der Waals surface area contributed by atoms with E-state index in [1.54, 1.807) is 0 Å². The van der Waals surface area contributed by atoms with Crippen LogP contribution in [0.15, 0.2) is 18.2 Å². The second-order valence-electron chi connectivity index (χ2n) is 3.23. The molecule has 15 heavy (non-hydrogen) atoms. The highest BCUT2D eigenvalue weighted by molar-refractivity contribution is 7.80. The van der Waals surface area contributed by atoms with Gasteiger partial charge in [-0.25, -0.2) is 4.39 Å². The van der Waals surface area contributed by atoms with Crippen LogP contribution in [0.4, 0.5) is 4.39 Å². The average molecular weight is 232 g/mol. The van der Waals surface area contributed by atoms with Crippen molar-refractivity contribution in [2.75, 3.05) is 5.75 Å². The smallest absolute Gasteiger partial charge is 0.129 e. The van der Waals surface area contributed by atoms with Crippen molar-refractivity contribution in [3.05, 3.63) is 29.6 Å². The molecule has 3 nitrogen and oxygen atoms in total. The summed E-state index contributed by atoms with van der Waals surface area (Å²) < 4.78 is 13.2. The number of halogens is 1. The third kappa shape index (κ3) is 3.09. The van der Waals surface area contributed by atoms with Crippen molar-refractivity contribution in [3.8, 4) is 5.75 Å². The van der Waals surface area contributed by atoms with Crippen molar-refractivity contribution < 1.29 is 19.7 Å². The fourth-order valence-corrected chi connectivity index (χ4v) is 1.52. The van der Waals surface area contributed by atoms with Crippen LogP contribution >= 0.6 is 12.6 Å². The van der Waals surface area contributed by atoms with E-state index in [2.05, 4.69) is 12.6 Å². The third-order valence-corrected chi connectivity index (χ3v) is 2.35. The van der Waals surface area contributed by atoms with Crippen molar-refractivity contribution in [1.29, 1.82) is 0 Å². The number of aliphatic hydroxyl groups excluding tert-OH is 2. The maximum absolute atomic E-state index is 13.2. The molecule has 0 fully saturated rings. The molecule has 2 unspecified atom stereocenters. The number of phenols is 1. The summed E-state index contributed by atoms with van der Waals surface area (Å²) in [4.78, 5) is 0. The van der Waals surface area contributed by atoms with Crippen LogP contribution in [0.3, 0.4) is 0 Å². The van der Waals surface area contributed by atoms with Crippen molar-refractivity contribution in [1.82, 2.24) is 0 Å². The van der Waals surface area contributed by atoms with Crippen LogP contribution in [-0.4, -0.2) is 27.2 Å². The molecule has 2 atom stereocenters. The molecule has 0 saturated heterocycles. The van der Waals surface area contributed by atoms with Gasteiger partial charge in [0.15, 0.2) is 0 Å². The Kier molecular flexibility index (Phi) is 4.38. The van der Waals surface area contributed by atoms with Crippen LogP contribution in [0.2, 0.25) is 0 Å². The van der Waals surface area contributed by atoms with Gasteiger partial charge in [0.2, 0.25) is 0 Å². The number of thiol groups is 1. The van der Waals surface area contributed by atoms with E-state index < -0.39 is 18.0 Å². The summed E-state index contributed by atoms with van der Waals surface area (Å²) in [6, 6.07) is 3.32. The van der Waals surface area contributed by atoms with Crippen LogP contribution in [0.25, 0.3) is 0 Å². The second kappa shape index (κ2) is 5.34. The van der Waals surface area contributed by atoms with Gasteiger partial charge in [-0.15, -0.1) is 0 Å². The Labute approximate surface area is 92.6 Å². The Hall–Kier alpha value is -0.780. The van der Waals surface area contributed by atoms with Gasteiger partial charge in [0, 0.05) is 5.56 Å². The quantitative estimate of drug-likeness (QED) is 0.591. The number of rotatable bonds is 4. The van der Waals surface area contributed by atoms with Crippen LogP contribution in [0.5, 0.6) is 5.75 Å². The molecule has 0 amide bonds. The molecule has 0 radical (unpaired) electrons. The number of hydrogen-bond acceptors (Lipinski definition) is 4. The molecule has 0 heterocycles. The van der Waals surface area contributed by atoms with Gasteiger partial charge in [-0.3, -0.25) is 0 Å². The minimum Gasteiger partial charge on any atom is -0.508 e. The maximum Gasteiger partial charge on any atom is 0.129 e. The summed E-state index contributed by atoms with van der Waals surface area (Å²) in [5.74, 6) is -0.416. The summed E-state index contributed by atoms with van der Waals surface area (Å²) in [5, 5.41) is 28.2. The van der Waals surface area contributed by atoms with Crippen LogP contribution in [0, 0.1) is 5.82 Å². The average Bonchev–Trinajstić information content (AvgIpc) is 2.21. The highest BCUT2D eigenvalue weighted by Gasteiger charge is 2.21. The Balaban J connectivity index is 2.89. The zero-order chi connectivity index (χ0) is 11.4. The Bertz CT molecular complexity index is 332. The van der Waals surface area contributed by atoms with Crippen LogP contribution < -0.4 is 0 Å². The van der Waals surface area contributed by atoms with Gasteiger partial charge >= 0.3 is 0 Å². The third-order valence-electron chi connectivity index (χ3n) is 2.09.